The van der Waals surface area contributed by atoms with E-state index in [1.807, 2.05) is 32.0 Å². The van der Waals surface area contributed by atoms with Gasteiger partial charge in [-0.15, -0.1) is 0 Å². The standard InChI is InChI=1S/C19H30N4O/c1-14-6-5-9-18(21-14)20-12-16-10-11-23(13-16)15(2)19(24)22-17-7-3-4-8-17/h5-6,9,15-17H,3-4,7-8,10-13H2,1-2H3,(H,20,21)(H,22,24)/t15-,16-/m1/s1. The van der Waals surface area contributed by atoms with E-state index in [1.165, 1.54) is 12.8 Å². The van der Waals surface area contributed by atoms with E-state index in [0.717, 1.165) is 50.4 Å². The molecule has 3 rings (SSSR count). The summed E-state index contributed by atoms with van der Waals surface area (Å²) >= 11 is 0. The Bertz CT molecular complexity index is 556. The molecule has 2 heterocycles. The third-order valence-corrected chi connectivity index (χ3v) is 5.41. The number of amides is 1. The lowest BCUT2D eigenvalue weighted by Gasteiger charge is -2.25. The van der Waals surface area contributed by atoms with Gasteiger partial charge >= 0.3 is 0 Å². The number of carbonyl (C=O) groups excluding carboxylic acids is 1. The van der Waals surface area contributed by atoms with Crippen LogP contribution in [0.1, 0.15) is 44.7 Å². The highest BCUT2D eigenvalue weighted by Gasteiger charge is 2.30. The second kappa shape index (κ2) is 7.97. The first-order chi connectivity index (χ1) is 11.6. The monoisotopic (exact) mass is 330 g/mol. The highest BCUT2D eigenvalue weighted by atomic mass is 16.2. The quantitative estimate of drug-likeness (QED) is 0.842. The maximum atomic E-state index is 12.4. The van der Waals surface area contributed by atoms with Crippen LogP contribution in [0, 0.1) is 12.8 Å². The molecule has 1 aromatic heterocycles. The van der Waals surface area contributed by atoms with Gasteiger partial charge in [0.2, 0.25) is 5.91 Å². The van der Waals surface area contributed by atoms with Crippen molar-refractivity contribution in [1.29, 1.82) is 0 Å². The summed E-state index contributed by atoms with van der Waals surface area (Å²) in [6.07, 6.45) is 5.94. The number of hydrogen-bond acceptors (Lipinski definition) is 4. The third kappa shape index (κ3) is 4.47. The molecule has 0 spiro atoms. The van der Waals surface area contributed by atoms with Gasteiger partial charge in [-0.1, -0.05) is 18.9 Å². The van der Waals surface area contributed by atoms with Crippen LogP contribution in [-0.4, -0.2) is 47.5 Å². The Labute approximate surface area is 145 Å². The van der Waals surface area contributed by atoms with Gasteiger partial charge in [0.05, 0.1) is 6.04 Å². The van der Waals surface area contributed by atoms with Crippen molar-refractivity contribution in [2.45, 2.75) is 58.0 Å². The Hall–Kier alpha value is -1.62. The molecule has 24 heavy (non-hydrogen) atoms. The Morgan fingerprint density at radius 2 is 2.12 bits per heavy atom. The lowest BCUT2D eigenvalue weighted by molar-refractivity contribution is -0.126. The Balaban J connectivity index is 1.43. The molecule has 2 N–H and O–H groups in total. The number of nitrogens with zero attached hydrogens (tertiary/aromatic N) is 2. The summed E-state index contributed by atoms with van der Waals surface area (Å²) in [5, 5.41) is 6.66. The molecule has 2 fully saturated rings. The number of nitrogens with one attached hydrogen (secondary N) is 2. The first kappa shape index (κ1) is 17.2. The maximum absolute atomic E-state index is 12.4. The third-order valence-electron chi connectivity index (χ3n) is 5.41. The Morgan fingerprint density at radius 3 is 2.88 bits per heavy atom. The van der Waals surface area contributed by atoms with Crippen LogP contribution in [0.25, 0.3) is 0 Å². The summed E-state index contributed by atoms with van der Waals surface area (Å²) in [7, 11) is 0. The molecular weight excluding hydrogens is 300 g/mol. The van der Waals surface area contributed by atoms with Crippen LogP contribution in [0.5, 0.6) is 0 Å². The van der Waals surface area contributed by atoms with Crippen molar-refractivity contribution >= 4 is 11.7 Å². The van der Waals surface area contributed by atoms with Crippen molar-refractivity contribution in [3.63, 3.8) is 0 Å². The predicted molar refractivity (Wildman–Crippen MR) is 97.0 cm³/mol. The van der Waals surface area contributed by atoms with Gasteiger partial charge in [0, 0.05) is 24.8 Å². The molecule has 2 atom stereocenters. The number of carbonyl (C=O) groups is 1. The van der Waals surface area contributed by atoms with Crippen molar-refractivity contribution in [1.82, 2.24) is 15.2 Å². The van der Waals surface area contributed by atoms with Crippen molar-refractivity contribution in [2.75, 3.05) is 25.0 Å². The fraction of sp³-hybridized carbons (Fsp3) is 0.684. The summed E-state index contributed by atoms with van der Waals surface area (Å²) in [6, 6.07) is 6.44. The molecule has 1 aliphatic carbocycles. The average molecular weight is 330 g/mol. The Morgan fingerprint density at radius 1 is 1.33 bits per heavy atom. The Kier molecular flexibility index (Phi) is 5.72. The van der Waals surface area contributed by atoms with Crippen LogP contribution in [0.4, 0.5) is 5.82 Å². The molecule has 1 amide bonds. The SMILES string of the molecule is Cc1cccc(NC[C@H]2CCN([C@H](C)C(=O)NC3CCCC3)C2)n1. The molecular formula is C19H30N4O. The van der Waals surface area contributed by atoms with Gasteiger partial charge in [0.15, 0.2) is 0 Å². The number of aryl methyl sites for hydroxylation is 1. The molecule has 0 unspecified atom stereocenters. The van der Waals surface area contributed by atoms with Gasteiger partial charge in [-0.05, 0) is 57.7 Å². The van der Waals surface area contributed by atoms with Gasteiger partial charge in [-0.3, -0.25) is 9.69 Å². The fourth-order valence-corrected chi connectivity index (χ4v) is 3.83. The number of pyridine rings is 1. The molecule has 0 radical (unpaired) electrons. The number of aromatic nitrogens is 1. The number of likely N-dealkylation sites (tertiary alicyclic amines) is 1. The first-order valence-corrected chi connectivity index (χ1v) is 9.34. The zero-order valence-corrected chi connectivity index (χ0v) is 14.9. The molecule has 1 aromatic rings. The summed E-state index contributed by atoms with van der Waals surface area (Å²) < 4.78 is 0. The van der Waals surface area contributed by atoms with E-state index >= 15 is 0 Å². The minimum Gasteiger partial charge on any atom is -0.370 e. The summed E-state index contributed by atoms with van der Waals surface area (Å²) in [5.74, 6) is 1.73. The van der Waals surface area contributed by atoms with Crippen LogP contribution in [-0.2, 0) is 4.79 Å². The van der Waals surface area contributed by atoms with Crippen LogP contribution in [0.2, 0.25) is 0 Å². The lowest BCUT2D eigenvalue weighted by atomic mass is 10.1. The number of hydrogen-bond donors (Lipinski definition) is 2. The number of anilines is 1. The zero-order chi connectivity index (χ0) is 16.9. The van der Waals surface area contributed by atoms with Crippen LogP contribution in [0.3, 0.4) is 0 Å². The van der Waals surface area contributed by atoms with Gasteiger partial charge in [0.25, 0.3) is 0 Å². The second-order valence-corrected chi connectivity index (χ2v) is 7.36. The lowest BCUT2D eigenvalue weighted by Crippen LogP contribution is -2.47. The second-order valence-electron chi connectivity index (χ2n) is 7.36. The fourth-order valence-electron chi connectivity index (χ4n) is 3.83. The summed E-state index contributed by atoms with van der Waals surface area (Å²) in [5.41, 5.74) is 1.03. The molecule has 2 aliphatic rings. The van der Waals surface area contributed by atoms with Crippen LogP contribution in [0.15, 0.2) is 18.2 Å². The van der Waals surface area contributed by atoms with E-state index in [-0.39, 0.29) is 11.9 Å². The average Bonchev–Trinajstić information content (AvgIpc) is 3.24. The van der Waals surface area contributed by atoms with Crippen molar-refractivity contribution in [2.24, 2.45) is 5.92 Å². The molecule has 0 aromatic carbocycles. The highest BCUT2D eigenvalue weighted by Crippen LogP contribution is 2.21. The van der Waals surface area contributed by atoms with Crippen LogP contribution >= 0.6 is 0 Å². The van der Waals surface area contributed by atoms with Gasteiger partial charge in [-0.25, -0.2) is 4.98 Å². The van der Waals surface area contributed by atoms with E-state index < -0.39 is 0 Å². The van der Waals surface area contributed by atoms with E-state index in [4.69, 9.17) is 0 Å². The summed E-state index contributed by atoms with van der Waals surface area (Å²) in [6.45, 7) is 6.96. The minimum atomic E-state index is -0.0207. The molecule has 1 aliphatic heterocycles. The van der Waals surface area contributed by atoms with Gasteiger partial charge < -0.3 is 10.6 Å². The number of rotatable bonds is 6. The van der Waals surface area contributed by atoms with E-state index in [1.54, 1.807) is 0 Å². The van der Waals surface area contributed by atoms with E-state index in [0.29, 0.717) is 12.0 Å². The van der Waals surface area contributed by atoms with E-state index in [9.17, 15) is 4.79 Å². The van der Waals surface area contributed by atoms with Crippen molar-refractivity contribution in [3.05, 3.63) is 23.9 Å². The molecule has 1 saturated carbocycles. The van der Waals surface area contributed by atoms with Crippen LogP contribution < -0.4 is 10.6 Å². The molecule has 132 valence electrons. The molecule has 5 heteroatoms. The van der Waals surface area contributed by atoms with E-state index in [2.05, 4.69) is 20.5 Å². The topological polar surface area (TPSA) is 57.3 Å². The van der Waals surface area contributed by atoms with Crippen molar-refractivity contribution < 1.29 is 4.79 Å². The zero-order valence-electron chi connectivity index (χ0n) is 14.9. The minimum absolute atomic E-state index is 0.0207. The van der Waals surface area contributed by atoms with Gasteiger partial charge in [-0.2, -0.15) is 0 Å². The predicted octanol–water partition coefficient (Wildman–Crippen LogP) is 2.57. The van der Waals surface area contributed by atoms with Gasteiger partial charge in [0.1, 0.15) is 5.82 Å². The largest absolute Gasteiger partial charge is 0.370 e. The smallest absolute Gasteiger partial charge is 0.237 e. The normalized spacial score (nSPS) is 23.3. The maximum Gasteiger partial charge on any atom is 0.237 e. The molecule has 0 bridgehead atoms. The first-order valence-electron chi connectivity index (χ1n) is 9.34. The highest BCUT2D eigenvalue weighted by molar-refractivity contribution is 5.81. The van der Waals surface area contributed by atoms with Crippen molar-refractivity contribution in [3.8, 4) is 0 Å². The molecule has 5 nitrogen and oxygen atoms in total. The molecule has 1 saturated heterocycles. The summed E-state index contributed by atoms with van der Waals surface area (Å²) in [4.78, 5) is 19.2.